The number of hydrogen-bond donors (Lipinski definition) is 2. The molecule has 0 amide bonds. The van der Waals surface area contributed by atoms with Crippen LogP contribution in [0.2, 0.25) is 0 Å². The summed E-state index contributed by atoms with van der Waals surface area (Å²) in [6, 6.07) is 13.2. The van der Waals surface area contributed by atoms with Crippen LogP contribution in [0.15, 0.2) is 53.5 Å². The lowest BCUT2D eigenvalue weighted by molar-refractivity contribution is -0.176. The molecule has 0 aliphatic heterocycles. The van der Waals surface area contributed by atoms with Crippen LogP contribution in [0.4, 0.5) is 17.6 Å². The Hall–Kier alpha value is -2.61. The fourth-order valence-electron chi connectivity index (χ4n) is 2.31. The maximum absolute atomic E-state index is 12.9. The minimum absolute atomic E-state index is 0.106. The fourth-order valence-corrected chi connectivity index (χ4v) is 2.31. The summed E-state index contributed by atoms with van der Waals surface area (Å²) in [6.07, 6.45) is -4.33. The van der Waals surface area contributed by atoms with E-state index in [0.717, 1.165) is 11.1 Å². The van der Waals surface area contributed by atoms with Crippen LogP contribution in [0.3, 0.4) is 0 Å². The molecule has 0 fully saturated rings. The molecule has 0 saturated heterocycles. The van der Waals surface area contributed by atoms with Gasteiger partial charge in [0.2, 0.25) is 0 Å². The summed E-state index contributed by atoms with van der Waals surface area (Å²) in [6.45, 7) is -0.457. The van der Waals surface area contributed by atoms with E-state index in [1.54, 1.807) is 37.4 Å². The largest absolute Gasteiger partial charge is 0.411 e. The molecule has 0 aliphatic carbocycles. The average Bonchev–Trinajstić information content (AvgIpc) is 2.62. The number of nitrogens with zero attached hydrogens (tertiary/aromatic N) is 1. The van der Waals surface area contributed by atoms with E-state index >= 15 is 0 Å². The standard InChI is InChI=1S/C19H21F4N3O/c1-24-18(25-10-14-5-7-17(20)8-6-14)26-11-15-3-2-4-16(9-15)12-27-13-19(21,22)23/h2-9H,10-13H2,1H3,(H2,24,25,26). The average molecular weight is 383 g/mol. The molecule has 0 heterocycles. The molecular formula is C19H21F4N3O. The van der Waals surface area contributed by atoms with Crippen molar-refractivity contribution >= 4 is 5.96 Å². The maximum atomic E-state index is 12.9. The summed E-state index contributed by atoms with van der Waals surface area (Å²) >= 11 is 0. The summed E-state index contributed by atoms with van der Waals surface area (Å²) in [7, 11) is 1.63. The normalized spacial score (nSPS) is 12.1. The number of rotatable bonds is 7. The molecular weight excluding hydrogens is 362 g/mol. The van der Waals surface area contributed by atoms with Crippen molar-refractivity contribution in [3.8, 4) is 0 Å². The highest BCUT2D eigenvalue weighted by Crippen LogP contribution is 2.16. The zero-order valence-corrected chi connectivity index (χ0v) is 14.8. The second-order valence-corrected chi connectivity index (χ2v) is 5.83. The lowest BCUT2D eigenvalue weighted by atomic mass is 10.1. The number of halogens is 4. The third-order valence-corrected chi connectivity index (χ3v) is 3.58. The predicted octanol–water partition coefficient (Wildman–Crippen LogP) is 3.77. The lowest BCUT2D eigenvalue weighted by Gasteiger charge is -2.13. The van der Waals surface area contributed by atoms with Crippen LogP contribution in [0.1, 0.15) is 16.7 Å². The number of nitrogens with one attached hydrogen (secondary N) is 2. The summed E-state index contributed by atoms with van der Waals surface area (Å²) in [5, 5.41) is 6.23. The molecule has 0 unspecified atom stereocenters. The molecule has 0 saturated carbocycles. The SMILES string of the molecule is CN=C(NCc1ccc(F)cc1)NCc1cccc(COCC(F)(F)F)c1. The van der Waals surface area contributed by atoms with Crippen LogP contribution in [0.25, 0.3) is 0 Å². The van der Waals surface area contributed by atoms with Crippen LogP contribution in [0.5, 0.6) is 0 Å². The molecule has 0 aliphatic rings. The third kappa shape index (κ3) is 8.08. The zero-order chi connectivity index (χ0) is 19.7. The number of benzene rings is 2. The number of ether oxygens (including phenoxy) is 1. The molecule has 2 aromatic rings. The van der Waals surface area contributed by atoms with Crippen molar-refractivity contribution in [3.63, 3.8) is 0 Å². The highest BCUT2D eigenvalue weighted by molar-refractivity contribution is 5.79. The van der Waals surface area contributed by atoms with Gasteiger partial charge in [-0.25, -0.2) is 4.39 Å². The predicted molar refractivity (Wildman–Crippen MR) is 95.6 cm³/mol. The van der Waals surface area contributed by atoms with Gasteiger partial charge in [0.25, 0.3) is 0 Å². The molecule has 0 atom stereocenters. The third-order valence-electron chi connectivity index (χ3n) is 3.58. The van der Waals surface area contributed by atoms with Gasteiger partial charge in [-0.2, -0.15) is 13.2 Å². The first-order valence-corrected chi connectivity index (χ1v) is 8.27. The van der Waals surface area contributed by atoms with E-state index in [1.165, 1.54) is 12.1 Å². The Morgan fingerprint density at radius 2 is 1.59 bits per heavy atom. The van der Waals surface area contributed by atoms with E-state index in [4.69, 9.17) is 0 Å². The molecule has 2 N–H and O–H groups in total. The van der Waals surface area contributed by atoms with Crippen molar-refractivity contribution in [2.75, 3.05) is 13.7 Å². The maximum Gasteiger partial charge on any atom is 0.411 e. The Kier molecular flexibility index (Phi) is 7.60. The molecule has 0 spiro atoms. The highest BCUT2D eigenvalue weighted by Gasteiger charge is 2.27. The van der Waals surface area contributed by atoms with E-state index in [0.29, 0.717) is 24.6 Å². The zero-order valence-electron chi connectivity index (χ0n) is 14.8. The molecule has 0 radical (unpaired) electrons. The fraction of sp³-hybridized carbons (Fsp3) is 0.316. The smallest absolute Gasteiger partial charge is 0.367 e. The van der Waals surface area contributed by atoms with Crippen molar-refractivity contribution in [2.24, 2.45) is 4.99 Å². The van der Waals surface area contributed by atoms with Gasteiger partial charge in [0, 0.05) is 20.1 Å². The van der Waals surface area contributed by atoms with Crippen LogP contribution in [-0.2, 0) is 24.4 Å². The van der Waals surface area contributed by atoms with Crippen molar-refractivity contribution in [2.45, 2.75) is 25.9 Å². The molecule has 2 aromatic carbocycles. The van der Waals surface area contributed by atoms with Gasteiger partial charge in [0.1, 0.15) is 12.4 Å². The first-order chi connectivity index (χ1) is 12.9. The van der Waals surface area contributed by atoms with Gasteiger partial charge in [-0.05, 0) is 28.8 Å². The second-order valence-electron chi connectivity index (χ2n) is 5.83. The quantitative estimate of drug-likeness (QED) is 0.435. The first kappa shape index (κ1) is 20.7. The van der Waals surface area contributed by atoms with Gasteiger partial charge in [-0.15, -0.1) is 0 Å². The van der Waals surface area contributed by atoms with E-state index in [9.17, 15) is 17.6 Å². The van der Waals surface area contributed by atoms with Crippen LogP contribution < -0.4 is 10.6 Å². The summed E-state index contributed by atoms with van der Waals surface area (Å²) < 4.78 is 54.0. The summed E-state index contributed by atoms with van der Waals surface area (Å²) in [5.41, 5.74) is 2.45. The van der Waals surface area contributed by atoms with Gasteiger partial charge in [-0.1, -0.05) is 36.4 Å². The molecule has 0 aromatic heterocycles. The lowest BCUT2D eigenvalue weighted by Crippen LogP contribution is -2.36. The van der Waals surface area contributed by atoms with E-state index in [2.05, 4.69) is 20.4 Å². The van der Waals surface area contributed by atoms with Crippen molar-refractivity contribution in [1.29, 1.82) is 0 Å². The molecule has 8 heteroatoms. The van der Waals surface area contributed by atoms with Gasteiger partial charge < -0.3 is 15.4 Å². The Bertz CT molecular complexity index is 745. The Labute approximate surface area is 155 Å². The van der Waals surface area contributed by atoms with E-state index in [1.807, 2.05) is 6.07 Å². The second kappa shape index (κ2) is 9.91. The number of hydrogen-bond acceptors (Lipinski definition) is 2. The Morgan fingerprint density at radius 3 is 2.22 bits per heavy atom. The van der Waals surface area contributed by atoms with E-state index in [-0.39, 0.29) is 12.4 Å². The number of guanidine groups is 1. The highest BCUT2D eigenvalue weighted by atomic mass is 19.4. The van der Waals surface area contributed by atoms with Gasteiger partial charge in [0.05, 0.1) is 6.61 Å². The van der Waals surface area contributed by atoms with Crippen molar-refractivity contribution in [1.82, 2.24) is 10.6 Å². The van der Waals surface area contributed by atoms with Crippen LogP contribution in [0, 0.1) is 5.82 Å². The number of aliphatic imine (C=N–C) groups is 1. The monoisotopic (exact) mass is 383 g/mol. The molecule has 146 valence electrons. The summed E-state index contributed by atoms with van der Waals surface area (Å²) in [5.74, 6) is 0.262. The number of alkyl halides is 3. The Morgan fingerprint density at radius 1 is 0.963 bits per heavy atom. The molecule has 2 rings (SSSR count). The molecule has 0 bridgehead atoms. The summed E-state index contributed by atoms with van der Waals surface area (Å²) in [4.78, 5) is 4.11. The van der Waals surface area contributed by atoms with Gasteiger partial charge >= 0.3 is 6.18 Å². The topological polar surface area (TPSA) is 45.7 Å². The first-order valence-electron chi connectivity index (χ1n) is 8.27. The van der Waals surface area contributed by atoms with Crippen LogP contribution in [-0.4, -0.2) is 25.8 Å². The van der Waals surface area contributed by atoms with Gasteiger partial charge in [0.15, 0.2) is 5.96 Å². The molecule has 4 nitrogen and oxygen atoms in total. The Balaban J connectivity index is 1.81. The van der Waals surface area contributed by atoms with Crippen molar-refractivity contribution in [3.05, 3.63) is 71.0 Å². The van der Waals surface area contributed by atoms with Crippen LogP contribution >= 0.6 is 0 Å². The minimum Gasteiger partial charge on any atom is -0.367 e. The minimum atomic E-state index is -4.33. The van der Waals surface area contributed by atoms with E-state index < -0.39 is 12.8 Å². The van der Waals surface area contributed by atoms with Crippen molar-refractivity contribution < 1.29 is 22.3 Å². The van der Waals surface area contributed by atoms with Gasteiger partial charge in [-0.3, -0.25) is 4.99 Å². The molecule has 27 heavy (non-hydrogen) atoms.